The predicted molar refractivity (Wildman–Crippen MR) is 49.5 cm³/mol. The molecule has 0 radical (unpaired) electrons. The summed E-state index contributed by atoms with van der Waals surface area (Å²) in [5, 5.41) is 9.82. The first-order valence-corrected chi connectivity index (χ1v) is 4.70. The van der Waals surface area contributed by atoms with Gasteiger partial charge in [0.25, 0.3) is 0 Å². The zero-order valence-corrected chi connectivity index (χ0v) is 7.86. The third kappa shape index (κ3) is 1.76. The number of furan rings is 1. The minimum atomic E-state index is -0.390. The molecule has 1 aliphatic rings. The van der Waals surface area contributed by atoms with Gasteiger partial charge in [-0.3, -0.25) is 0 Å². The summed E-state index contributed by atoms with van der Waals surface area (Å²) in [6, 6.07) is 0. The van der Waals surface area contributed by atoms with Crippen LogP contribution >= 0.6 is 0 Å². The normalized spacial score (nSPS) is 19.8. The minimum absolute atomic E-state index is 0.390. The van der Waals surface area contributed by atoms with E-state index in [0.717, 1.165) is 30.8 Å². The molecule has 0 aromatic carbocycles. The molecule has 13 heavy (non-hydrogen) atoms. The van der Waals surface area contributed by atoms with Crippen molar-refractivity contribution in [3.05, 3.63) is 23.7 Å². The molecule has 1 aromatic rings. The Morgan fingerprint density at radius 3 is 2.77 bits per heavy atom. The molecule has 0 spiro atoms. The Morgan fingerprint density at radius 2 is 2.31 bits per heavy atom. The van der Waals surface area contributed by atoms with E-state index in [9.17, 15) is 5.11 Å². The molecular formula is C10H15NO2. The molecule has 1 atom stereocenters. The molecule has 2 rings (SSSR count). The van der Waals surface area contributed by atoms with Crippen LogP contribution in [0.5, 0.6) is 0 Å². The summed E-state index contributed by atoms with van der Waals surface area (Å²) in [4.78, 5) is 2.25. The predicted octanol–water partition coefficient (Wildman–Crippen LogP) is 1.33. The Balaban J connectivity index is 1.96. The topological polar surface area (TPSA) is 36.6 Å². The van der Waals surface area contributed by atoms with Crippen molar-refractivity contribution in [2.45, 2.75) is 19.4 Å². The van der Waals surface area contributed by atoms with Crippen molar-refractivity contribution in [3.63, 3.8) is 0 Å². The van der Waals surface area contributed by atoms with E-state index in [2.05, 4.69) is 4.90 Å². The number of likely N-dealkylation sites (tertiary alicyclic amines) is 1. The van der Waals surface area contributed by atoms with Crippen LogP contribution in [0, 0.1) is 6.92 Å². The van der Waals surface area contributed by atoms with Crippen molar-refractivity contribution in [2.24, 2.45) is 0 Å². The molecule has 72 valence electrons. The van der Waals surface area contributed by atoms with Crippen LogP contribution in [0.2, 0.25) is 0 Å². The molecule has 3 nitrogen and oxygen atoms in total. The molecule has 1 aliphatic heterocycles. The average Bonchev–Trinajstić information content (AvgIpc) is 2.43. The minimum Gasteiger partial charge on any atom is -0.472 e. The average molecular weight is 181 g/mol. The van der Waals surface area contributed by atoms with E-state index >= 15 is 0 Å². The van der Waals surface area contributed by atoms with Crippen LogP contribution in [0.3, 0.4) is 0 Å². The number of nitrogens with zero attached hydrogens (tertiary/aromatic N) is 1. The smallest absolute Gasteiger partial charge is 0.0963 e. The van der Waals surface area contributed by atoms with Crippen molar-refractivity contribution in [1.82, 2.24) is 4.90 Å². The first kappa shape index (κ1) is 8.78. The highest BCUT2D eigenvalue weighted by Gasteiger charge is 2.20. The number of hydrogen-bond donors (Lipinski definition) is 1. The Bertz CT molecular complexity index is 278. The van der Waals surface area contributed by atoms with E-state index in [1.54, 1.807) is 12.5 Å². The van der Waals surface area contributed by atoms with Crippen LogP contribution in [0.25, 0.3) is 0 Å². The fourth-order valence-electron chi connectivity index (χ4n) is 1.62. The summed E-state index contributed by atoms with van der Waals surface area (Å²) < 4.78 is 5.02. The standard InChI is InChI=1S/C10H15NO2/c1-8-6-13-7-9(8)10(12)5-11-3-2-4-11/h6-7,10,12H,2-5H2,1H3. The molecular weight excluding hydrogens is 166 g/mol. The second-order valence-electron chi connectivity index (χ2n) is 3.68. The Labute approximate surface area is 78.0 Å². The van der Waals surface area contributed by atoms with E-state index in [1.165, 1.54) is 6.42 Å². The maximum atomic E-state index is 9.82. The number of β-amino-alcohol motifs (C(OH)–C–C–N with tert-alkyl or cyclic N) is 1. The van der Waals surface area contributed by atoms with Crippen molar-refractivity contribution < 1.29 is 9.52 Å². The fourth-order valence-corrected chi connectivity index (χ4v) is 1.62. The number of aliphatic hydroxyl groups is 1. The SMILES string of the molecule is Cc1cocc1C(O)CN1CCC1. The van der Waals surface area contributed by atoms with Crippen molar-refractivity contribution in [3.8, 4) is 0 Å². The lowest BCUT2D eigenvalue weighted by molar-refractivity contribution is 0.0782. The monoisotopic (exact) mass is 181 g/mol. The highest BCUT2D eigenvalue weighted by molar-refractivity contribution is 5.21. The lowest BCUT2D eigenvalue weighted by Crippen LogP contribution is -2.39. The maximum absolute atomic E-state index is 9.82. The van der Waals surface area contributed by atoms with Crippen LogP contribution in [0.1, 0.15) is 23.7 Å². The molecule has 0 saturated carbocycles. The molecule has 0 aliphatic carbocycles. The van der Waals surface area contributed by atoms with E-state index in [1.807, 2.05) is 6.92 Å². The molecule has 1 aromatic heterocycles. The zero-order chi connectivity index (χ0) is 9.26. The van der Waals surface area contributed by atoms with Crippen LogP contribution in [-0.4, -0.2) is 29.6 Å². The van der Waals surface area contributed by atoms with Crippen LogP contribution < -0.4 is 0 Å². The molecule has 1 fully saturated rings. The van der Waals surface area contributed by atoms with Gasteiger partial charge in [-0.15, -0.1) is 0 Å². The highest BCUT2D eigenvalue weighted by Crippen LogP contribution is 2.21. The van der Waals surface area contributed by atoms with Crippen LogP contribution in [0.15, 0.2) is 16.9 Å². The maximum Gasteiger partial charge on any atom is 0.0963 e. The van der Waals surface area contributed by atoms with Gasteiger partial charge in [0, 0.05) is 12.1 Å². The summed E-state index contributed by atoms with van der Waals surface area (Å²) in [5.41, 5.74) is 1.96. The van der Waals surface area contributed by atoms with E-state index in [0.29, 0.717) is 0 Å². The van der Waals surface area contributed by atoms with Gasteiger partial charge in [-0.1, -0.05) is 0 Å². The van der Waals surface area contributed by atoms with Gasteiger partial charge in [-0.25, -0.2) is 0 Å². The largest absolute Gasteiger partial charge is 0.472 e. The lowest BCUT2D eigenvalue weighted by Gasteiger charge is -2.32. The number of aryl methyl sites for hydroxylation is 1. The molecule has 0 amide bonds. The van der Waals surface area contributed by atoms with Crippen LogP contribution in [0.4, 0.5) is 0 Å². The second-order valence-corrected chi connectivity index (χ2v) is 3.68. The molecule has 2 heterocycles. The summed E-state index contributed by atoms with van der Waals surface area (Å²) >= 11 is 0. The van der Waals surface area contributed by atoms with Gasteiger partial charge < -0.3 is 14.4 Å². The zero-order valence-electron chi connectivity index (χ0n) is 7.86. The third-order valence-electron chi connectivity index (χ3n) is 2.63. The summed E-state index contributed by atoms with van der Waals surface area (Å²) in [7, 11) is 0. The lowest BCUT2D eigenvalue weighted by atomic mass is 10.1. The number of hydrogen-bond acceptors (Lipinski definition) is 3. The first-order valence-electron chi connectivity index (χ1n) is 4.70. The van der Waals surface area contributed by atoms with Crippen molar-refractivity contribution >= 4 is 0 Å². The van der Waals surface area contributed by atoms with E-state index < -0.39 is 0 Å². The van der Waals surface area contributed by atoms with Gasteiger partial charge in [0.15, 0.2) is 0 Å². The van der Waals surface area contributed by atoms with Gasteiger partial charge in [0.05, 0.1) is 18.6 Å². The van der Waals surface area contributed by atoms with E-state index in [4.69, 9.17) is 4.42 Å². The summed E-state index contributed by atoms with van der Waals surface area (Å²) in [6.07, 6.45) is 4.19. The quantitative estimate of drug-likeness (QED) is 0.764. The molecule has 1 saturated heterocycles. The summed E-state index contributed by atoms with van der Waals surface area (Å²) in [5.74, 6) is 0. The third-order valence-corrected chi connectivity index (χ3v) is 2.63. The Morgan fingerprint density at radius 1 is 1.54 bits per heavy atom. The molecule has 3 heteroatoms. The van der Waals surface area contributed by atoms with E-state index in [-0.39, 0.29) is 6.10 Å². The van der Waals surface area contributed by atoms with Gasteiger partial charge in [-0.05, 0) is 32.0 Å². The van der Waals surface area contributed by atoms with Gasteiger partial charge >= 0.3 is 0 Å². The molecule has 1 N–H and O–H groups in total. The molecule has 0 bridgehead atoms. The van der Waals surface area contributed by atoms with Gasteiger partial charge in [0.1, 0.15) is 0 Å². The Kier molecular flexibility index (Phi) is 2.38. The molecule has 1 unspecified atom stereocenters. The second kappa shape index (κ2) is 3.52. The Hall–Kier alpha value is -0.800. The van der Waals surface area contributed by atoms with Gasteiger partial charge in [-0.2, -0.15) is 0 Å². The van der Waals surface area contributed by atoms with Crippen molar-refractivity contribution in [1.29, 1.82) is 0 Å². The highest BCUT2D eigenvalue weighted by atomic mass is 16.3. The summed E-state index contributed by atoms with van der Waals surface area (Å²) in [6.45, 7) is 4.93. The van der Waals surface area contributed by atoms with Crippen LogP contribution in [-0.2, 0) is 0 Å². The number of aliphatic hydroxyl groups excluding tert-OH is 1. The van der Waals surface area contributed by atoms with Gasteiger partial charge in [0.2, 0.25) is 0 Å². The first-order chi connectivity index (χ1) is 6.27. The number of rotatable bonds is 3. The fraction of sp³-hybridized carbons (Fsp3) is 0.600. The van der Waals surface area contributed by atoms with Crippen molar-refractivity contribution in [2.75, 3.05) is 19.6 Å².